The number of hydrogen-bond acceptors (Lipinski definition) is 8. The van der Waals surface area contributed by atoms with E-state index in [0.717, 1.165) is 38.3 Å². The van der Waals surface area contributed by atoms with Crippen LogP contribution in [0.4, 0.5) is 0 Å². The van der Waals surface area contributed by atoms with Crippen LogP contribution in [0, 0.1) is 11.8 Å². The molecule has 1 aliphatic rings. The van der Waals surface area contributed by atoms with Crippen LogP contribution in [0.3, 0.4) is 0 Å². The molecule has 34 heavy (non-hydrogen) atoms. The average molecular weight is 489 g/mol. The maximum absolute atomic E-state index is 12.6. The van der Waals surface area contributed by atoms with Crippen molar-refractivity contribution in [1.29, 1.82) is 0 Å². The van der Waals surface area contributed by atoms with E-state index in [1.165, 1.54) is 12.8 Å². The molecule has 0 aromatic rings. The van der Waals surface area contributed by atoms with E-state index < -0.39 is 48.8 Å². The molecule has 4 unspecified atom stereocenters. The Kier molecular flexibility index (Phi) is 14.2. The Morgan fingerprint density at radius 2 is 1.74 bits per heavy atom. The van der Waals surface area contributed by atoms with Crippen molar-refractivity contribution in [2.75, 3.05) is 26.2 Å². The highest BCUT2D eigenvalue weighted by Crippen LogP contribution is 2.20. The van der Waals surface area contributed by atoms with Gasteiger partial charge in [0.2, 0.25) is 5.91 Å². The van der Waals surface area contributed by atoms with E-state index in [1.807, 2.05) is 6.92 Å². The molecule has 1 fully saturated rings. The number of amides is 1. The smallest absolute Gasteiger partial charge is 0.321 e. The summed E-state index contributed by atoms with van der Waals surface area (Å²) in [5.74, 6) is -2.62. The van der Waals surface area contributed by atoms with Gasteiger partial charge in [0, 0.05) is 0 Å². The van der Waals surface area contributed by atoms with Crippen molar-refractivity contribution in [3.05, 3.63) is 0 Å². The zero-order valence-corrected chi connectivity index (χ0v) is 20.7. The first-order valence-electron chi connectivity index (χ1n) is 12.4. The second kappa shape index (κ2) is 16.0. The number of hydrogen-bond donors (Lipinski definition) is 7. The summed E-state index contributed by atoms with van der Waals surface area (Å²) in [6, 6.07) is -2.34. The summed E-state index contributed by atoms with van der Waals surface area (Å²) in [5.41, 5.74) is 0. The highest BCUT2D eigenvalue weighted by molar-refractivity contribution is 5.79. The van der Waals surface area contributed by atoms with Crippen LogP contribution >= 0.6 is 0 Å². The predicted octanol–water partition coefficient (Wildman–Crippen LogP) is 0.163. The van der Waals surface area contributed by atoms with Gasteiger partial charge in [-0.2, -0.15) is 0 Å². The molecule has 1 heterocycles. The number of rotatable bonds is 17. The fraction of sp³-hybridized carbons (Fsp3) is 0.870. The SMILES string of the molecule is CCN(CC(=O)NC(CC(=O)O)C(O)NC(C(=O)O)C(C)C)C(O)CCCCC1CCNCC1. The van der Waals surface area contributed by atoms with E-state index >= 15 is 0 Å². The van der Waals surface area contributed by atoms with Crippen LogP contribution in [0.5, 0.6) is 0 Å². The Morgan fingerprint density at radius 1 is 1.09 bits per heavy atom. The van der Waals surface area contributed by atoms with Gasteiger partial charge in [0.1, 0.15) is 18.5 Å². The van der Waals surface area contributed by atoms with Crippen molar-refractivity contribution < 1.29 is 34.8 Å². The van der Waals surface area contributed by atoms with Crippen LogP contribution in [0.25, 0.3) is 0 Å². The molecule has 0 radical (unpaired) electrons. The number of carbonyl (C=O) groups is 3. The zero-order valence-electron chi connectivity index (χ0n) is 20.7. The fourth-order valence-electron chi connectivity index (χ4n) is 4.26. The quantitative estimate of drug-likeness (QED) is 0.110. The largest absolute Gasteiger partial charge is 0.481 e. The third-order valence-electron chi connectivity index (χ3n) is 6.36. The van der Waals surface area contributed by atoms with Crippen molar-refractivity contribution in [3.63, 3.8) is 0 Å². The summed E-state index contributed by atoms with van der Waals surface area (Å²) >= 11 is 0. The maximum Gasteiger partial charge on any atom is 0.321 e. The molecule has 0 aromatic carbocycles. The van der Waals surface area contributed by atoms with Gasteiger partial charge < -0.3 is 31.1 Å². The Hall–Kier alpha value is -1.79. The van der Waals surface area contributed by atoms with Gasteiger partial charge >= 0.3 is 11.9 Å². The predicted molar refractivity (Wildman–Crippen MR) is 127 cm³/mol. The number of aliphatic hydroxyl groups excluding tert-OH is 2. The lowest BCUT2D eigenvalue weighted by molar-refractivity contribution is -0.142. The van der Waals surface area contributed by atoms with Crippen LogP contribution in [-0.2, 0) is 14.4 Å². The average Bonchev–Trinajstić information content (AvgIpc) is 2.77. The number of piperidine rings is 1. The number of nitrogens with zero attached hydrogens (tertiary/aromatic N) is 1. The third-order valence-corrected chi connectivity index (χ3v) is 6.36. The van der Waals surface area contributed by atoms with Crippen molar-refractivity contribution in [1.82, 2.24) is 20.9 Å². The Morgan fingerprint density at radius 3 is 2.26 bits per heavy atom. The lowest BCUT2D eigenvalue weighted by atomic mass is 9.92. The van der Waals surface area contributed by atoms with Gasteiger partial charge in [0.25, 0.3) is 0 Å². The molecule has 0 saturated carbocycles. The second-order valence-corrected chi connectivity index (χ2v) is 9.46. The molecule has 1 amide bonds. The normalized spacial score (nSPS) is 18.4. The molecular weight excluding hydrogens is 444 g/mol. The number of carboxylic acids is 2. The molecule has 0 spiro atoms. The first-order valence-corrected chi connectivity index (χ1v) is 12.4. The highest BCUT2D eigenvalue weighted by Gasteiger charge is 2.31. The van der Waals surface area contributed by atoms with Gasteiger partial charge in [0.15, 0.2) is 0 Å². The second-order valence-electron chi connectivity index (χ2n) is 9.46. The molecular formula is C23H44N4O7. The molecule has 4 atom stereocenters. The summed E-state index contributed by atoms with van der Waals surface area (Å²) < 4.78 is 0. The third kappa shape index (κ3) is 11.6. The minimum atomic E-state index is -1.57. The van der Waals surface area contributed by atoms with E-state index in [2.05, 4.69) is 16.0 Å². The van der Waals surface area contributed by atoms with Gasteiger partial charge in [-0.1, -0.05) is 33.6 Å². The number of likely N-dealkylation sites (N-methyl/N-ethyl adjacent to an activating group) is 1. The molecule has 7 N–H and O–H groups in total. The fourth-order valence-corrected chi connectivity index (χ4v) is 4.26. The lowest BCUT2D eigenvalue weighted by Crippen LogP contribution is -2.57. The minimum Gasteiger partial charge on any atom is -0.481 e. The number of nitrogens with one attached hydrogen (secondary N) is 3. The molecule has 198 valence electrons. The molecule has 11 nitrogen and oxygen atoms in total. The Balaban J connectivity index is 2.56. The van der Waals surface area contributed by atoms with Crippen LogP contribution in [0.2, 0.25) is 0 Å². The highest BCUT2D eigenvalue weighted by atomic mass is 16.4. The lowest BCUT2D eigenvalue weighted by Gasteiger charge is -2.30. The maximum atomic E-state index is 12.6. The number of unbranched alkanes of at least 4 members (excludes halogenated alkanes) is 1. The number of aliphatic hydroxyl groups is 2. The van der Waals surface area contributed by atoms with Crippen molar-refractivity contribution in [2.45, 2.75) is 90.3 Å². The first kappa shape index (κ1) is 30.2. The van der Waals surface area contributed by atoms with E-state index in [9.17, 15) is 29.7 Å². The molecule has 0 bridgehead atoms. The van der Waals surface area contributed by atoms with Crippen LogP contribution in [-0.4, -0.2) is 93.9 Å². The number of carboxylic acid groups (broad SMARTS) is 2. The summed E-state index contributed by atoms with van der Waals surface area (Å²) in [7, 11) is 0. The molecule has 1 saturated heterocycles. The zero-order chi connectivity index (χ0) is 25.7. The summed E-state index contributed by atoms with van der Waals surface area (Å²) in [5, 5.41) is 47.7. The van der Waals surface area contributed by atoms with Crippen molar-refractivity contribution in [2.24, 2.45) is 11.8 Å². The van der Waals surface area contributed by atoms with E-state index in [4.69, 9.17) is 5.11 Å². The van der Waals surface area contributed by atoms with Gasteiger partial charge in [-0.25, -0.2) is 0 Å². The van der Waals surface area contributed by atoms with E-state index in [0.29, 0.717) is 13.0 Å². The Labute approximate surface area is 202 Å². The number of carbonyl (C=O) groups excluding carboxylic acids is 1. The molecule has 0 aliphatic carbocycles. The Bertz CT molecular complexity index is 628. The van der Waals surface area contributed by atoms with Gasteiger partial charge in [-0.15, -0.1) is 0 Å². The number of aliphatic carboxylic acids is 2. The van der Waals surface area contributed by atoms with Crippen LogP contribution in [0.15, 0.2) is 0 Å². The van der Waals surface area contributed by atoms with E-state index in [-0.39, 0.29) is 12.5 Å². The summed E-state index contributed by atoms with van der Waals surface area (Å²) in [6.07, 6.45) is 2.94. The minimum absolute atomic E-state index is 0.165. The molecule has 1 rings (SSSR count). The van der Waals surface area contributed by atoms with E-state index in [1.54, 1.807) is 18.7 Å². The van der Waals surface area contributed by atoms with Crippen LogP contribution in [0.1, 0.15) is 65.7 Å². The van der Waals surface area contributed by atoms with Crippen molar-refractivity contribution in [3.8, 4) is 0 Å². The molecule has 1 aliphatic heterocycles. The van der Waals surface area contributed by atoms with Gasteiger partial charge in [-0.05, 0) is 57.2 Å². The first-order chi connectivity index (χ1) is 16.0. The standard InChI is InChI=1S/C23H44N4O7/c1-4-27(19(29)8-6-5-7-16-9-11-24-12-10-16)14-18(28)25-17(13-20(30)31)22(32)26-21(15(2)3)23(33)34/h15-17,19,21-22,24,26,29,32H,4-14H2,1-3H3,(H,25,28)(H,30,31)(H,33,34). The van der Waals surface area contributed by atoms with Crippen LogP contribution < -0.4 is 16.0 Å². The molecule has 0 aromatic heterocycles. The van der Waals surface area contributed by atoms with Crippen molar-refractivity contribution >= 4 is 17.8 Å². The monoisotopic (exact) mass is 488 g/mol. The molecule has 11 heteroatoms. The van der Waals surface area contributed by atoms with Gasteiger partial charge in [0.05, 0.1) is 19.0 Å². The summed E-state index contributed by atoms with van der Waals surface area (Å²) in [6.45, 7) is 7.49. The van der Waals surface area contributed by atoms with Gasteiger partial charge in [-0.3, -0.25) is 24.6 Å². The topological polar surface area (TPSA) is 171 Å². The summed E-state index contributed by atoms with van der Waals surface area (Å²) in [4.78, 5) is 36.8.